The lowest BCUT2D eigenvalue weighted by Gasteiger charge is -2.31. The highest BCUT2D eigenvalue weighted by atomic mass is 16.5. The van der Waals surface area contributed by atoms with Gasteiger partial charge >= 0.3 is 11.7 Å². The van der Waals surface area contributed by atoms with Gasteiger partial charge in [-0.2, -0.15) is 4.98 Å². The fraction of sp³-hybridized carbons (Fsp3) is 0.367. The number of carbonyl (C=O) groups is 1. The molecule has 0 aliphatic carbocycles. The average molecular weight is 530 g/mol. The van der Waals surface area contributed by atoms with Crippen molar-refractivity contribution in [2.75, 3.05) is 44.8 Å². The Balaban J connectivity index is 1.62. The van der Waals surface area contributed by atoms with Crippen molar-refractivity contribution in [3.05, 3.63) is 75.7 Å². The van der Waals surface area contributed by atoms with E-state index in [1.54, 1.807) is 22.7 Å². The molecule has 0 unspecified atom stereocenters. The molecule has 1 aromatic heterocycles. The molecule has 9 heteroatoms. The van der Waals surface area contributed by atoms with Crippen LogP contribution in [0.1, 0.15) is 22.3 Å². The van der Waals surface area contributed by atoms with E-state index < -0.39 is 0 Å². The number of anilines is 2. The van der Waals surface area contributed by atoms with Gasteiger partial charge in [0.25, 0.3) is 0 Å². The Morgan fingerprint density at radius 3 is 2.51 bits per heavy atom. The second kappa shape index (κ2) is 10.8. The van der Waals surface area contributed by atoms with E-state index in [1.807, 2.05) is 18.2 Å². The first-order valence-corrected chi connectivity index (χ1v) is 13.3. The van der Waals surface area contributed by atoms with Crippen molar-refractivity contribution < 1.29 is 14.3 Å². The van der Waals surface area contributed by atoms with Crippen LogP contribution in [0.3, 0.4) is 0 Å². The molecule has 3 aromatic rings. The van der Waals surface area contributed by atoms with E-state index >= 15 is 0 Å². The molecule has 1 saturated heterocycles. The number of aromatic nitrogens is 2. The van der Waals surface area contributed by atoms with Gasteiger partial charge in [0.2, 0.25) is 0 Å². The predicted octanol–water partition coefficient (Wildman–Crippen LogP) is 4.13. The van der Waals surface area contributed by atoms with E-state index in [4.69, 9.17) is 9.47 Å². The number of methoxy groups -OCH3 is 1. The average Bonchev–Trinajstić information content (AvgIpc) is 3.32. The summed E-state index contributed by atoms with van der Waals surface area (Å²) in [7, 11) is 1.61. The minimum absolute atomic E-state index is 0.0683. The minimum atomic E-state index is -0.301. The summed E-state index contributed by atoms with van der Waals surface area (Å²) in [5.74, 6) is 1.80. The van der Waals surface area contributed by atoms with Crippen LogP contribution < -0.4 is 25.4 Å². The molecule has 1 N–H and O–H groups in total. The number of urea groups is 1. The van der Waals surface area contributed by atoms with Gasteiger partial charge < -0.3 is 24.6 Å². The van der Waals surface area contributed by atoms with E-state index in [2.05, 4.69) is 54.7 Å². The van der Waals surface area contributed by atoms with Crippen molar-refractivity contribution in [2.24, 2.45) is 0 Å². The molecule has 1 fully saturated rings. The van der Waals surface area contributed by atoms with Crippen molar-refractivity contribution >= 4 is 17.5 Å². The molecular weight excluding hydrogens is 494 g/mol. The molecule has 0 atom stereocenters. The maximum atomic E-state index is 13.4. The Hall–Kier alpha value is -4.27. The number of ether oxygens (including phenoxy) is 2. The molecule has 0 bridgehead atoms. The first-order chi connectivity index (χ1) is 18.8. The number of hydrogen-bond acceptors (Lipinski definition) is 6. The number of benzene rings is 2. The van der Waals surface area contributed by atoms with Gasteiger partial charge in [-0.1, -0.05) is 30.4 Å². The number of aryl methyl sites for hydroxylation is 4. The number of rotatable bonds is 9. The fourth-order valence-electron chi connectivity index (χ4n) is 5.66. The quantitative estimate of drug-likeness (QED) is 0.420. The second-order valence-corrected chi connectivity index (χ2v) is 10.1. The summed E-state index contributed by atoms with van der Waals surface area (Å²) < 4.78 is 13.2. The number of nitrogens with one attached hydrogen (secondary N) is 1. The van der Waals surface area contributed by atoms with Crippen molar-refractivity contribution in [1.82, 2.24) is 19.8 Å². The molecule has 2 aliphatic heterocycles. The maximum Gasteiger partial charge on any atom is 0.350 e. The SMILES string of the molecule is C=CCOc1cc2c(cc1OC)-c1cc(N(CCN3CCNC3=O)c3c(C)cc(C)cc3C)nc(=O)n1CC2. The van der Waals surface area contributed by atoms with Gasteiger partial charge in [0.05, 0.1) is 12.8 Å². The summed E-state index contributed by atoms with van der Waals surface area (Å²) in [4.78, 5) is 34.1. The molecule has 2 aliphatic rings. The van der Waals surface area contributed by atoms with Gasteiger partial charge in [-0.25, -0.2) is 9.59 Å². The van der Waals surface area contributed by atoms with Crippen LogP contribution in [-0.2, 0) is 13.0 Å². The van der Waals surface area contributed by atoms with Crippen LogP contribution in [0, 0.1) is 20.8 Å². The smallest absolute Gasteiger partial charge is 0.350 e. The second-order valence-electron chi connectivity index (χ2n) is 10.1. The highest BCUT2D eigenvalue weighted by molar-refractivity contribution is 5.77. The van der Waals surface area contributed by atoms with Crippen LogP contribution in [0.25, 0.3) is 11.3 Å². The summed E-state index contributed by atoms with van der Waals surface area (Å²) in [6.07, 6.45) is 2.38. The molecule has 2 amide bonds. The Labute approximate surface area is 228 Å². The molecule has 0 spiro atoms. The summed E-state index contributed by atoms with van der Waals surface area (Å²) in [6.45, 7) is 13.1. The van der Waals surface area contributed by atoms with Crippen LogP contribution in [0.4, 0.5) is 16.3 Å². The van der Waals surface area contributed by atoms with Crippen molar-refractivity contribution in [3.63, 3.8) is 0 Å². The van der Waals surface area contributed by atoms with Gasteiger partial charge in [0.15, 0.2) is 11.5 Å². The van der Waals surface area contributed by atoms with Crippen LogP contribution in [-0.4, -0.2) is 60.4 Å². The number of fused-ring (bicyclic) bond motifs is 3. The molecule has 204 valence electrons. The van der Waals surface area contributed by atoms with Crippen LogP contribution in [0.15, 0.2) is 47.8 Å². The number of hydrogen-bond donors (Lipinski definition) is 1. The van der Waals surface area contributed by atoms with Crippen molar-refractivity contribution in [3.8, 4) is 22.8 Å². The third-order valence-electron chi connectivity index (χ3n) is 7.35. The predicted molar refractivity (Wildman–Crippen MR) is 153 cm³/mol. The van der Waals surface area contributed by atoms with Gasteiger partial charge in [-0.3, -0.25) is 4.57 Å². The lowest BCUT2D eigenvalue weighted by molar-refractivity contribution is 0.218. The van der Waals surface area contributed by atoms with Gasteiger partial charge in [-0.05, 0) is 56.0 Å². The largest absolute Gasteiger partial charge is 0.493 e. The summed E-state index contributed by atoms with van der Waals surface area (Å²) in [6, 6.07) is 10.1. The maximum absolute atomic E-state index is 13.4. The molecule has 9 nitrogen and oxygen atoms in total. The van der Waals surface area contributed by atoms with E-state index in [1.165, 1.54) is 5.56 Å². The summed E-state index contributed by atoms with van der Waals surface area (Å²) >= 11 is 0. The molecule has 39 heavy (non-hydrogen) atoms. The molecule has 5 rings (SSSR count). The summed E-state index contributed by atoms with van der Waals surface area (Å²) in [5.41, 5.74) is 6.82. The lowest BCUT2D eigenvalue weighted by atomic mass is 9.96. The highest BCUT2D eigenvalue weighted by Crippen LogP contribution is 2.40. The standard InChI is InChI=1S/C30H35N5O4/c1-6-13-39-26-16-22-7-9-34-24(23(22)17-25(26)38-5)18-27(32-30(34)37)35(12-11-33-10-8-31-29(33)36)28-20(3)14-19(2)15-21(28)4/h6,14-18H,1,7-13H2,2-5H3,(H,31,36). The zero-order chi connectivity index (χ0) is 27.7. The zero-order valence-corrected chi connectivity index (χ0v) is 23.0. The Morgan fingerprint density at radius 2 is 1.85 bits per heavy atom. The van der Waals surface area contributed by atoms with Crippen LogP contribution >= 0.6 is 0 Å². The highest BCUT2D eigenvalue weighted by Gasteiger charge is 2.26. The molecule has 0 saturated carbocycles. The van der Waals surface area contributed by atoms with Crippen LogP contribution in [0.2, 0.25) is 0 Å². The van der Waals surface area contributed by atoms with E-state index in [0.29, 0.717) is 63.1 Å². The number of carbonyl (C=O) groups excluding carboxylic acids is 1. The zero-order valence-electron chi connectivity index (χ0n) is 23.0. The Bertz CT molecular complexity index is 1470. The van der Waals surface area contributed by atoms with Crippen molar-refractivity contribution in [1.29, 1.82) is 0 Å². The number of nitrogens with zero attached hydrogens (tertiary/aromatic N) is 4. The van der Waals surface area contributed by atoms with Gasteiger partial charge in [-0.15, -0.1) is 0 Å². The molecule has 3 heterocycles. The van der Waals surface area contributed by atoms with E-state index in [9.17, 15) is 9.59 Å². The van der Waals surface area contributed by atoms with Gasteiger partial charge in [0, 0.05) is 50.0 Å². The molecule has 0 radical (unpaired) electrons. The third kappa shape index (κ3) is 5.08. The monoisotopic (exact) mass is 529 g/mol. The molecule has 2 aromatic carbocycles. The minimum Gasteiger partial charge on any atom is -0.493 e. The number of amides is 2. The Morgan fingerprint density at radius 1 is 1.08 bits per heavy atom. The normalized spacial score (nSPS) is 13.9. The fourth-order valence-corrected chi connectivity index (χ4v) is 5.66. The van der Waals surface area contributed by atoms with E-state index in [0.717, 1.165) is 33.6 Å². The lowest BCUT2D eigenvalue weighted by Crippen LogP contribution is -2.37. The topological polar surface area (TPSA) is 88.9 Å². The van der Waals surface area contributed by atoms with Crippen LogP contribution in [0.5, 0.6) is 11.5 Å². The molecular formula is C30H35N5O4. The first kappa shape index (κ1) is 26.3. The Kier molecular flexibility index (Phi) is 7.32. The van der Waals surface area contributed by atoms with E-state index in [-0.39, 0.29) is 11.7 Å². The summed E-state index contributed by atoms with van der Waals surface area (Å²) in [5, 5.41) is 2.86. The van der Waals surface area contributed by atoms with Gasteiger partial charge in [0.1, 0.15) is 12.4 Å². The first-order valence-electron chi connectivity index (χ1n) is 13.3. The van der Waals surface area contributed by atoms with Crippen molar-refractivity contribution in [2.45, 2.75) is 33.7 Å². The third-order valence-corrected chi connectivity index (χ3v) is 7.35.